The summed E-state index contributed by atoms with van der Waals surface area (Å²) >= 11 is 4.76. The van der Waals surface area contributed by atoms with E-state index >= 15 is 0 Å². The molecule has 11 heavy (non-hydrogen) atoms. The van der Waals surface area contributed by atoms with E-state index in [1.807, 2.05) is 11.4 Å². The van der Waals surface area contributed by atoms with Gasteiger partial charge < -0.3 is 5.32 Å². The number of nitrogens with one attached hydrogen (secondary N) is 1. The molecule has 0 aliphatic heterocycles. The topological polar surface area (TPSA) is 29.1 Å². The minimum atomic E-state index is 0.134. The van der Waals surface area contributed by atoms with Crippen LogP contribution in [0.3, 0.4) is 0 Å². The van der Waals surface area contributed by atoms with Gasteiger partial charge in [0.05, 0.1) is 11.4 Å². The van der Waals surface area contributed by atoms with Gasteiger partial charge in [0.2, 0.25) is 0 Å². The molecule has 0 aromatic carbocycles. The fourth-order valence-corrected chi connectivity index (χ4v) is 2.27. The summed E-state index contributed by atoms with van der Waals surface area (Å²) < 4.78 is 0.891. The normalized spacial score (nSPS) is 10.0. The molecule has 0 saturated carbocycles. The van der Waals surface area contributed by atoms with E-state index in [1.165, 1.54) is 11.3 Å². The third-order valence-corrected chi connectivity index (χ3v) is 3.09. The van der Waals surface area contributed by atoms with Gasteiger partial charge in [-0.3, -0.25) is 4.79 Å². The maximum atomic E-state index is 11.2. The zero-order valence-electron chi connectivity index (χ0n) is 6.06. The molecule has 1 N–H and O–H groups in total. The lowest BCUT2D eigenvalue weighted by Gasteiger charge is -1.95. The van der Waals surface area contributed by atoms with Gasteiger partial charge in [0, 0.05) is 4.47 Å². The van der Waals surface area contributed by atoms with E-state index in [9.17, 15) is 4.79 Å². The quantitative estimate of drug-likeness (QED) is 0.809. The maximum Gasteiger partial charge on any atom is 0.187 e. The summed E-state index contributed by atoms with van der Waals surface area (Å²) in [4.78, 5) is 12.0. The third kappa shape index (κ3) is 2.12. The van der Waals surface area contributed by atoms with E-state index in [4.69, 9.17) is 0 Å². The fourth-order valence-electron chi connectivity index (χ4n) is 0.734. The van der Waals surface area contributed by atoms with Gasteiger partial charge in [0.25, 0.3) is 0 Å². The van der Waals surface area contributed by atoms with Crippen LogP contribution in [0.1, 0.15) is 9.67 Å². The van der Waals surface area contributed by atoms with E-state index in [0.29, 0.717) is 6.54 Å². The van der Waals surface area contributed by atoms with Crippen molar-refractivity contribution in [3.05, 3.63) is 20.8 Å². The van der Waals surface area contributed by atoms with Crippen molar-refractivity contribution in [1.29, 1.82) is 0 Å². The largest absolute Gasteiger partial charge is 0.313 e. The van der Waals surface area contributed by atoms with Crippen LogP contribution in [0.15, 0.2) is 15.9 Å². The lowest BCUT2D eigenvalue weighted by molar-refractivity contribution is 0.0997. The van der Waals surface area contributed by atoms with Crippen LogP contribution >= 0.6 is 27.3 Å². The van der Waals surface area contributed by atoms with Crippen LogP contribution in [-0.4, -0.2) is 19.4 Å². The first-order valence-corrected chi connectivity index (χ1v) is 4.83. The Bertz CT molecular complexity index is 259. The van der Waals surface area contributed by atoms with E-state index in [1.54, 1.807) is 7.05 Å². The Morgan fingerprint density at radius 1 is 1.82 bits per heavy atom. The second kappa shape index (κ2) is 3.99. The highest BCUT2D eigenvalue weighted by Gasteiger charge is 2.09. The molecule has 0 saturated heterocycles. The zero-order chi connectivity index (χ0) is 8.27. The van der Waals surface area contributed by atoms with Crippen molar-refractivity contribution in [2.45, 2.75) is 0 Å². The van der Waals surface area contributed by atoms with Crippen molar-refractivity contribution < 1.29 is 4.79 Å². The predicted molar refractivity (Wildman–Crippen MR) is 50.3 cm³/mol. The molecule has 1 heterocycles. The Kier molecular flexibility index (Phi) is 3.23. The van der Waals surface area contributed by atoms with Crippen molar-refractivity contribution in [1.82, 2.24) is 5.32 Å². The highest BCUT2D eigenvalue weighted by atomic mass is 79.9. The van der Waals surface area contributed by atoms with Crippen LogP contribution in [0.5, 0.6) is 0 Å². The highest BCUT2D eigenvalue weighted by molar-refractivity contribution is 9.10. The van der Waals surface area contributed by atoms with Gasteiger partial charge >= 0.3 is 0 Å². The Morgan fingerprint density at radius 3 is 3.00 bits per heavy atom. The average Bonchev–Trinajstić information content (AvgIpc) is 2.36. The van der Waals surface area contributed by atoms with Gasteiger partial charge in [-0.1, -0.05) is 0 Å². The molecule has 2 nitrogen and oxygen atoms in total. The van der Waals surface area contributed by atoms with Gasteiger partial charge in [-0.15, -0.1) is 11.3 Å². The molecule has 0 bridgehead atoms. The summed E-state index contributed by atoms with van der Waals surface area (Å²) in [6, 6.07) is 1.88. The van der Waals surface area contributed by atoms with Gasteiger partial charge in [-0.2, -0.15) is 0 Å². The van der Waals surface area contributed by atoms with Crippen molar-refractivity contribution in [3.8, 4) is 0 Å². The van der Waals surface area contributed by atoms with Crippen molar-refractivity contribution in [2.75, 3.05) is 13.6 Å². The number of thiophene rings is 1. The number of Topliss-reactive ketones (excluding diaryl/α,β-unsaturated/α-hetero) is 1. The Labute approximate surface area is 77.7 Å². The van der Waals surface area contributed by atoms with Crippen molar-refractivity contribution >= 4 is 33.0 Å². The van der Waals surface area contributed by atoms with Crippen LogP contribution in [0, 0.1) is 0 Å². The number of carbonyl (C=O) groups excluding carboxylic acids is 1. The van der Waals surface area contributed by atoms with Gasteiger partial charge in [-0.05, 0) is 34.4 Å². The Morgan fingerprint density at radius 2 is 2.55 bits per heavy atom. The summed E-state index contributed by atoms with van der Waals surface area (Å²) in [6.07, 6.45) is 0. The first-order valence-electron chi connectivity index (χ1n) is 3.16. The monoisotopic (exact) mass is 233 g/mol. The number of rotatable bonds is 3. The predicted octanol–water partition coefficient (Wildman–Crippen LogP) is 1.91. The third-order valence-electron chi connectivity index (χ3n) is 1.21. The summed E-state index contributed by atoms with van der Waals surface area (Å²) in [6.45, 7) is 0.402. The lowest BCUT2D eigenvalue weighted by atomic mass is 10.3. The average molecular weight is 234 g/mol. The summed E-state index contributed by atoms with van der Waals surface area (Å²) in [7, 11) is 1.76. The van der Waals surface area contributed by atoms with Crippen LogP contribution < -0.4 is 5.32 Å². The lowest BCUT2D eigenvalue weighted by Crippen LogP contribution is -2.17. The molecule has 0 radical (unpaired) electrons. The molecule has 4 heteroatoms. The Balaban J connectivity index is 2.76. The second-order valence-electron chi connectivity index (χ2n) is 2.05. The number of likely N-dealkylation sites (N-methyl/N-ethyl adjacent to an activating group) is 1. The molecule has 1 aromatic heterocycles. The molecule has 0 atom stereocenters. The summed E-state index contributed by atoms with van der Waals surface area (Å²) in [5.41, 5.74) is 0. The molecule has 0 aliphatic rings. The van der Waals surface area contributed by atoms with Crippen LogP contribution in [0.25, 0.3) is 0 Å². The van der Waals surface area contributed by atoms with Crippen LogP contribution in [0.4, 0.5) is 0 Å². The SMILES string of the molecule is CNCC(=O)c1sccc1Br. The smallest absolute Gasteiger partial charge is 0.187 e. The van der Waals surface area contributed by atoms with Crippen molar-refractivity contribution in [2.24, 2.45) is 0 Å². The molecule has 0 amide bonds. The molecular weight excluding hydrogens is 226 g/mol. The van der Waals surface area contributed by atoms with E-state index < -0.39 is 0 Å². The molecular formula is C7H8BrNOS. The molecule has 0 fully saturated rings. The molecule has 60 valence electrons. The molecule has 1 aromatic rings. The van der Waals surface area contributed by atoms with Crippen LogP contribution in [0.2, 0.25) is 0 Å². The first kappa shape index (κ1) is 8.90. The molecule has 0 aliphatic carbocycles. The molecule has 1 rings (SSSR count). The Hall–Kier alpha value is -0.190. The summed E-state index contributed by atoms with van der Waals surface area (Å²) in [5.74, 6) is 0.134. The number of carbonyl (C=O) groups is 1. The van der Waals surface area contributed by atoms with Crippen molar-refractivity contribution in [3.63, 3.8) is 0 Å². The number of halogens is 1. The van der Waals surface area contributed by atoms with E-state index in [2.05, 4.69) is 21.2 Å². The molecule has 0 spiro atoms. The van der Waals surface area contributed by atoms with Gasteiger partial charge in [0.1, 0.15) is 0 Å². The summed E-state index contributed by atoms with van der Waals surface area (Å²) in [5, 5.41) is 4.72. The zero-order valence-corrected chi connectivity index (χ0v) is 8.46. The standard InChI is InChI=1S/C7H8BrNOS/c1-9-4-6(10)7-5(8)2-3-11-7/h2-3,9H,4H2,1H3. The highest BCUT2D eigenvalue weighted by Crippen LogP contribution is 2.22. The van der Waals surface area contributed by atoms with Gasteiger partial charge in [-0.25, -0.2) is 0 Å². The van der Waals surface area contributed by atoms with Crippen LogP contribution in [-0.2, 0) is 0 Å². The number of ketones is 1. The minimum absolute atomic E-state index is 0.134. The van der Waals surface area contributed by atoms with E-state index in [0.717, 1.165) is 9.35 Å². The first-order chi connectivity index (χ1) is 5.25. The molecule has 0 unspecified atom stereocenters. The maximum absolute atomic E-state index is 11.2. The fraction of sp³-hybridized carbons (Fsp3) is 0.286. The number of hydrogen-bond donors (Lipinski definition) is 1. The minimum Gasteiger partial charge on any atom is -0.313 e. The van der Waals surface area contributed by atoms with Gasteiger partial charge in [0.15, 0.2) is 5.78 Å². The van der Waals surface area contributed by atoms with E-state index in [-0.39, 0.29) is 5.78 Å². The second-order valence-corrected chi connectivity index (χ2v) is 3.82. The number of hydrogen-bond acceptors (Lipinski definition) is 3.